The van der Waals surface area contributed by atoms with Crippen LogP contribution >= 0.6 is 23.4 Å². The molecule has 0 radical (unpaired) electrons. The van der Waals surface area contributed by atoms with Gasteiger partial charge in [0.15, 0.2) is 5.17 Å². The number of amidine groups is 1. The second-order valence-electron chi connectivity index (χ2n) is 5.08. The van der Waals surface area contributed by atoms with Crippen molar-refractivity contribution in [1.29, 1.82) is 0 Å². The van der Waals surface area contributed by atoms with Crippen LogP contribution in [0.15, 0.2) is 23.2 Å². The standard InChI is InChI=1S/C14H17ClN2OS/c1-10-11(15)3-2-4-12(10)16-13-17-14(9-19-13)5-7-18-8-6-14/h2-4H,5-9H2,1H3,(H,16,17). The summed E-state index contributed by atoms with van der Waals surface area (Å²) in [6, 6.07) is 5.91. The van der Waals surface area contributed by atoms with E-state index in [1.807, 2.05) is 25.1 Å². The number of thioether (sulfide) groups is 1. The first-order valence-corrected chi connectivity index (χ1v) is 7.87. The van der Waals surface area contributed by atoms with Gasteiger partial charge >= 0.3 is 0 Å². The molecule has 0 bridgehead atoms. The van der Waals surface area contributed by atoms with Gasteiger partial charge in [0.25, 0.3) is 0 Å². The lowest BCUT2D eigenvalue weighted by Crippen LogP contribution is -2.34. The third kappa shape index (κ3) is 2.76. The van der Waals surface area contributed by atoms with E-state index < -0.39 is 0 Å². The van der Waals surface area contributed by atoms with Gasteiger partial charge in [0, 0.05) is 29.7 Å². The summed E-state index contributed by atoms with van der Waals surface area (Å²) in [4.78, 5) is 4.89. The lowest BCUT2D eigenvalue weighted by atomic mass is 9.93. The van der Waals surface area contributed by atoms with Gasteiger partial charge in [-0.2, -0.15) is 0 Å². The summed E-state index contributed by atoms with van der Waals surface area (Å²) in [5, 5.41) is 5.20. The summed E-state index contributed by atoms with van der Waals surface area (Å²) in [5.41, 5.74) is 2.21. The van der Waals surface area contributed by atoms with Crippen LogP contribution in [0.4, 0.5) is 5.69 Å². The smallest absolute Gasteiger partial charge is 0.161 e. The topological polar surface area (TPSA) is 33.6 Å². The number of rotatable bonds is 1. The van der Waals surface area contributed by atoms with E-state index in [1.54, 1.807) is 11.8 Å². The predicted octanol–water partition coefficient (Wildman–Crippen LogP) is 3.71. The Morgan fingerprint density at radius 2 is 2.16 bits per heavy atom. The molecule has 1 fully saturated rings. The highest BCUT2D eigenvalue weighted by Crippen LogP contribution is 2.36. The average Bonchev–Trinajstić information content (AvgIpc) is 2.79. The maximum atomic E-state index is 6.14. The zero-order valence-corrected chi connectivity index (χ0v) is 12.5. The first-order valence-electron chi connectivity index (χ1n) is 6.51. The fraction of sp³-hybridized carbons (Fsp3) is 0.500. The van der Waals surface area contributed by atoms with E-state index in [1.165, 1.54) is 0 Å². The Bertz CT molecular complexity index is 512. The predicted molar refractivity (Wildman–Crippen MR) is 82.5 cm³/mol. The minimum Gasteiger partial charge on any atom is -0.381 e. The lowest BCUT2D eigenvalue weighted by Gasteiger charge is -2.29. The molecule has 1 saturated heterocycles. The second kappa shape index (κ2) is 5.35. The van der Waals surface area contributed by atoms with Gasteiger partial charge in [-0.25, -0.2) is 0 Å². The van der Waals surface area contributed by atoms with Crippen LogP contribution in [0.1, 0.15) is 18.4 Å². The highest BCUT2D eigenvalue weighted by atomic mass is 35.5. The van der Waals surface area contributed by atoms with Crippen LogP contribution in [0.5, 0.6) is 0 Å². The third-order valence-electron chi connectivity index (χ3n) is 3.75. The molecule has 1 spiro atoms. The normalized spacial score (nSPS) is 21.5. The fourth-order valence-electron chi connectivity index (χ4n) is 2.41. The number of hydrogen-bond acceptors (Lipinski definition) is 4. The van der Waals surface area contributed by atoms with E-state index in [4.69, 9.17) is 21.3 Å². The SMILES string of the molecule is Cc1c(Cl)cccc1NC1=NC2(CCOCC2)CS1. The number of hydrogen-bond donors (Lipinski definition) is 1. The first-order chi connectivity index (χ1) is 9.19. The van der Waals surface area contributed by atoms with Crippen molar-refractivity contribution < 1.29 is 4.74 Å². The van der Waals surface area contributed by atoms with Crippen molar-refractivity contribution in [2.75, 3.05) is 24.3 Å². The van der Waals surface area contributed by atoms with Crippen LogP contribution in [0.2, 0.25) is 5.02 Å². The zero-order chi connectivity index (χ0) is 13.3. The van der Waals surface area contributed by atoms with Crippen molar-refractivity contribution in [2.45, 2.75) is 25.3 Å². The van der Waals surface area contributed by atoms with Crippen molar-refractivity contribution in [3.63, 3.8) is 0 Å². The summed E-state index contributed by atoms with van der Waals surface area (Å²) >= 11 is 7.94. The molecule has 3 nitrogen and oxygen atoms in total. The van der Waals surface area contributed by atoms with E-state index >= 15 is 0 Å². The van der Waals surface area contributed by atoms with Gasteiger partial charge < -0.3 is 10.1 Å². The summed E-state index contributed by atoms with van der Waals surface area (Å²) in [6.07, 6.45) is 2.05. The van der Waals surface area contributed by atoms with Gasteiger partial charge in [0.05, 0.1) is 5.54 Å². The number of nitrogens with one attached hydrogen (secondary N) is 1. The molecule has 0 saturated carbocycles. The van der Waals surface area contributed by atoms with Gasteiger partial charge in [-0.3, -0.25) is 4.99 Å². The summed E-state index contributed by atoms with van der Waals surface area (Å²) in [7, 11) is 0. The maximum Gasteiger partial charge on any atom is 0.161 e. The molecule has 0 atom stereocenters. The second-order valence-corrected chi connectivity index (χ2v) is 6.45. The Morgan fingerprint density at radius 3 is 2.95 bits per heavy atom. The van der Waals surface area contributed by atoms with Crippen molar-refractivity contribution >= 4 is 34.2 Å². The molecule has 102 valence electrons. The van der Waals surface area contributed by atoms with Gasteiger partial charge in [-0.15, -0.1) is 0 Å². The summed E-state index contributed by atoms with van der Waals surface area (Å²) in [6.45, 7) is 3.68. The molecular weight excluding hydrogens is 280 g/mol. The number of halogens is 1. The molecule has 3 rings (SSSR count). The highest BCUT2D eigenvalue weighted by Gasteiger charge is 2.37. The Labute approximate surface area is 122 Å². The number of nitrogens with zero attached hydrogens (tertiary/aromatic N) is 1. The minimum atomic E-state index is 0.0950. The molecule has 0 aromatic heterocycles. The van der Waals surface area contributed by atoms with E-state index in [2.05, 4.69) is 5.32 Å². The maximum absolute atomic E-state index is 6.14. The van der Waals surface area contributed by atoms with Crippen LogP contribution in [-0.4, -0.2) is 29.7 Å². The monoisotopic (exact) mass is 296 g/mol. The van der Waals surface area contributed by atoms with Crippen molar-refractivity contribution in [2.24, 2.45) is 4.99 Å². The largest absolute Gasteiger partial charge is 0.381 e. The van der Waals surface area contributed by atoms with Crippen molar-refractivity contribution in [3.8, 4) is 0 Å². The van der Waals surface area contributed by atoms with E-state index in [9.17, 15) is 0 Å². The van der Waals surface area contributed by atoms with E-state index in [0.29, 0.717) is 0 Å². The Hall–Kier alpha value is -0.710. The molecule has 19 heavy (non-hydrogen) atoms. The van der Waals surface area contributed by atoms with Crippen LogP contribution in [0.25, 0.3) is 0 Å². The van der Waals surface area contributed by atoms with Gasteiger partial charge in [0.2, 0.25) is 0 Å². The van der Waals surface area contributed by atoms with Gasteiger partial charge in [-0.05, 0) is 37.5 Å². The van der Waals surface area contributed by atoms with Crippen molar-refractivity contribution in [1.82, 2.24) is 0 Å². The quantitative estimate of drug-likeness (QED) is 0.858. The Balaban J connectivity index is 1.77. The zero-order valence-electron chi connectivity index (χ0n) is 10.9. The molecule has 5 heteroatoms. The number of anilines is 1. The average molecular weight is 297 g/mol. The van der Waals surface area contributed by atoms with Crippen LogP contribution in [-0.2, 0) is 4.74 Å². The molecule has 1 aromatic carbocycles. The summed E-state index contributed by atoms with van der Waals surface area (Å²) in [5.74, 6) is 1.05. The van der Waals surface area contributed by atoms with E-state index in [-0.39, 0.29) is 5.54 Å². The minimum absolute atomic E-state index is 0.0950. The lowest BCUT2D eigenvalue weighted by molar-refractivity contribution is 0.0624. The molecule has 1 N–H and O–H groups in total. The molecule has 0 aliphatic carbocycles. The summed E-state index contributed by atoms with van der Waals surface area (Å²) < 4.78 is 5.43. The van der Waals surface area contributed by atoms with Crippen LogP contribution < -0.4 is 5.32 Å². The molecule has 1 aromatic rings. The highest BCUT2D eigenvalue weighted by molar-refractivity contribution is 8.14. The Morgan fingerprint density at radius 1 is 1.37 bits per heavy atom. The number of aliphatic imine (C=N–C) groups is 1. The first kappa shape index (κ1) is 13.3. The number of ether oxygens (including phenoxy) is 1. The van der Waals surface area contributed by atoms with E-state index in [0.717, 1.165) is 53.2 Å². The molecule has 2 aliphatic heterocycles. The molecule has 0 amide bonds. The molecule has 2 heterocycles. The molecular formula is C14H17ClN2OS. The van der Waals surface area contributed by atoms with Crippen LogP contribution in [0.3, 0.4) is 0 Å². The van der Waals surface area contributed by atoms with Crippen LogP contribution in [0, 0.1) is 6.92 Å². The fourth-order valence-corrected chi connectivity index (χ4v) is 3.79. The van der Waals surface area contributed by atoms with Gasteiger partial charge in [-0.1, -0.05) is 29.4 Å². The third-order valence-corrected chi connectivity index (χ3v) is 5.31. The van der Waals surface area contributed by atoms with Gasteiger partial charge in [0.1, 0.15) is 0 Å². The molecule has 2 aliphatic rings. The molecule has 0 unspecified atom stereocenters. The van der Waals surface area contributed by atoms with Crippen molar-refractivity contribution in [3.05, 3.63) is 28.8 Å². The Kier molecular flexibility index (Phi) is 3.74. The number of benzene rings is 1.